The number of fused-ring (bicyclic) bond motifs is 1. The van der Waals surface area contributed by atoms with Gasteiger partial charge in [0.05, 0.1) is 17.9 Å². The lowest BCUT2D eigenvalue weighted by Crippen LogP contribution is -1.90. The van der Waals surface area contributed by atoms with E-state index in [-0.39, 0.29) is 5.82 Å². The minimum Gasteiger partial charge on any atom is -0.266 e. The summed E-state index contributed by atoms with van der Waals surface area (Å²) in [5.74, 6) is -0.247. The van der Waals surface area contributed by atoms with E-state index < -0.39 is 0 Å². The first-order valence-corrected chi connectivity index (χ1v) is 5.27. The van der Waals surface area contributed by atoms with Crippen LogP contribution in [-0.4, -0.2) is 14.8 Å². The van der Waals surface area contributed by atoms with Crippen molar-refractivity contribution in [2.24, 2.45) is 7.05 Å². The van der Waals surface area contributed by atoms with Crippen molar-refractivity contribution < 1.29 is 4.39 Å². The van der Waals surface area contributed by atoms with Gasteiger partial charge in [-0.15, -0.1) is 0 Å². The number of benzene rings is 1. The Morgan fingerprint density at radius 3 is 2.88 bits per heavy atom. The lowest BCUT2D eigenvalue weighted by atomic mass is 10.0. The van der Waals surface area contributed by atoms with Crippen molar-refractivity contribution in [2.45, 2.75) is 0 Å². The molecular formula is C13H10FN3. The molecule has 0 fully saturated rings. The number of nitrogens with zero attached hydrogens (tertiary/aromatic N) is 3. The number of hydrogen-bond acceptors (Lipinski definition) is 2. The molecule has 4 heteroatoms. The van der Waals surface area contributed by atoms with E-state index in [4.69, 9.17) is 0 Å². The average molecular weight is 227 g/mol. The highest BCUT2D eigenvalue weighted by Crippen LogP contribution is 2.27. The van der Waals surface area contributed by atoms with Crippen LogP contribution >= 0.6 is 0 Å². The summed E-state index contributed by atoms with van der Waals surface area (Å²) in [7, 11) is 1.86. The van der Waals surface area contributed by atoms with E-state index in [1.165, 1.54) is 12.1 Å². The molecule has 0 aliphatic rings. The summed E-state index contributed by atoms with van der Waals surface area (Å²) in [6, 6.07) is 6.50. The first kappa shape index (κ1) is 9.96. The third-order valence-electron chi connectivity index (χ3n) is 2.81. The summed E-state index contributed by atoms with van der Waals surface area (Å²) in [5.41, 5.74) is 2.65. The van der Waals surface area contributed by atoms with Crippen molar-refractivity contribution in [3.63, 3.8) is 0 Å². The van der Waals surface area contributed by atoms with Crippen LogP contribution in [0.5, 0.6) is 0 Å². The van der Waals surface area contributed by atoms with Crippen LogP contribution in [0.25, 0.3) is 22.0 Å². The molecule has 2 aromatic heterocycles. The number of aryl methyl sites for hydroxylation is 1. The normalized spacial score (nSPS) is 10.9. The third-order valence-corrected chi connectivity index (χ3v) is 2.81. The van der Waals surface area contributed by atoms with Gasteiger partial charge in [0.1, 0.15) is 5.82 Å². The molecule has 84 valence electrons. The highest BCUT2D eigenvalue weighted by molar-refractivity contribution is 5.93. The number of pyridine rings is 1. The number of halogens is 1. The summed E-state index contributed by atoms with van der Waals surface area (Å²) in [6.45, 7) is 0. The van der Waals surface area contributed by atoms with Crippen LogP contribution in [0.1, 0.15) is 0 Å². The van der Waals surface area contributed by atoms with Gasteiger partial charge in [-0.3, -0.25) is 9.67 Å². The predicted molar refractivity (Wildman–Crippen MR) is 63.9 cm³/mol. The molecule has 0 bridgehead atoms. The molecule has 0 aliphatic heterocycles. The lowest BCUT2D eigenvalue weighted by molar-refractivity contribution is 0.628. The summed E-state index contributed by atoms with van der Waals surface area (Å²) in [4.78, 5) is 4.17. The third kappa shape index (κ3) is 1.58. The molecule has 0 saturated heterocycles. The van der Waals surface area contributed by atoms with Crippen molar-refractivity contribution in [3.8, 4) is 11.1 Å². The van der Waals surface area contributed by atoms with Crippen LogP contribution in [0.3, 0.4) is 0 Å². The molecule has 0 saturated carbocycles. The second kappa shape index (κ2) is 3.66. The number of aromatic nitrogens is 3. The van der Waals surface area contributed by atoms with E-state index in [0.29, 0.717) is 0 Å². The molecule has 0 spiro atoms. The fourth-order valence-electron chi connectivity index (χ4n) is 1.95. The van der Waals surface area contributed by atoms with Crippen molar-refractivity contribution >= 4 is 10.9 Å². The van der Waals surface area contributed by atoms with Crippen molar-refractivity contribution in [2.75, 3.05) is 0 Å². The fourth-order valence-corrected chi connectivity index (χ4v) is 1.95. The van der Waals surface area contributed by atoms with Gasteiger partial charge in [-0.1, -0.05) is 12.1 Å². The molecule has 0 radical (unpaired) electrons. The van der Waals surface area contributed by atoms with Gasteiger partial charge in [0.25, 0.3) is 0 Å². The molecule has 2 heterocycles. The van der Waals surface area contributed by atoms with Gasteiger partial charge in [0.2, 0.25) is 0 Å². The number of rotatable bonds is 1. The van der Waals surface area contributed by atoms with Gasteiger partial charge in [-0.25, -0.2) is 4.39 Å². The first-order valence-electron chi connectivity index (χ1n) is 5.27. The quantitative estimate of drug-likeness (QED) is 0.640. The van der Waals surface area contributed by atoms with E-state index in [0.717, 1.165) is 22.0 Å². The van der Waals surface area contributed by atoms with Crippen LogP contribution in [0.15, 0.2) is 42.9 Å². The maximum atomic E-state index is 13.2. The summed E-state index contributed by atoms with van der Waals surface area (Å²) in [5, 5.41) is 5.17. The largest absolute Gasteiger partial charge is 0.266 e. The summed E-state index contributed by atoms with van der Waals surface area (Å²) >= 11 is 0. The SMILES string of the molecule is Cn1ncc2c(-c3cccc(F)c3)cncc21. The Bertz CT molecular complexity index is 688. The zero-order chi connectivity index (χ0) is 11.8. The maximum absolute atomic E-state index is 13.2. The Balaban J connectivity index is 2.30. The smallest absolute Gasteiger partial charge is 0.123 e. The van der Waals surface area contributed by atoms with Gasteiger partial charge >= 0.3 is 0 Å². The molecule has 0 unspecified atom stereocenters. The molecule has 0 aliphatic carbocycles. The van der Waals surface area contributed by atoms with Gasteiger partial charge in [-0.05, 0) is 17.7 Å². The Morgan fingerprint density at radius 1 is 1.18 bits per heavy atom. The average Bonchev–Trinajstić information content (AvgIpc) is 2.71. The van der Waals surface area contributed by atoms with Crippen LogP contribution in [0.4, 0.5) is 4.39 Å². The van der Waals surface area contributed by atoms with Crippen LogP contribution in [0, 0.1) is 5.82 Å². The van der Waals surface area contributed by atoms with Gasteiger partial charge in [-0.2, -0.15) is 5.10 Å². The standard InChI is InChI=1S/C13H10FN3/c1-17-13-8-15-6-11(12(13)7-16-17)9-3-2-4-10(14)5-9/h2-8H,1H3. The van der Waals surface area contributed by atoms with Gasteiger partial charge in [0.15, 0.2) is 0 Å². The first-order chi connectivity index (χ1) is 8.25. The van der Waals surface area contributed by atoms with Crippen LogP contribution in [0.2, 0.25) is 0 Å². The zero-order valence-corrected chi connectivity index (χ0v) is 9.26. The minimum absolute atomic E-state index is 0.247. The van der Waals surface area contributed by atoms with Crippen molar-refractivity contribution in [1.29, 1.82) is 0 Å². The van der Waals surface area contributed by atoms with Gasteiger partial charge in [0, 0.05) is 24.2 Å². The molecule has 1 aromatic carbocycles. The van der Waals surface area contributed by atoms with Crippen LogP contribution < -0.4 is 0 Å². The topological polar surface area (TPSA) is 30.7 Å². The Kier molecular flexibility index (Phi) is 2.14. The van der Waals surface area contributed by atoms with Crippen molar-refractivity contribution in [1.82, 2.24) is 14.8 Å². The van der Waals surface area contributed by atoms with Crippen molar-refractivity contribution in [3.05, 3.63) is 48.7 Å². The monoisotopic (exact) mass is 227 g/mol. The van der Waals surface area contributed by atoms with Crippen LogP contribution in [-0.2, 0) is 7.05 Å². The van der Waals surface area contributed by atoms with E-state index in [2.05, 4.69) is 10.1 Å². The molecular weight excluding hydrogens is 217 g/mol. The Morgan fingerprint density at radius 2 is 2.06 bits per heavy atom. The maximum Gasteiger partial charge on any atom is 0.123 e. The highest BCUT2D eigenvalue weighted by Gasteiger charge is 2.08. The molecule has 0 amide bonds. The minimum atomic E-state index is -0.247. The second-order valence-corrected chi connectivity index (χ2v) is 3.90. The zero-order valence-electron chi connectivity index (χ0n) is 9.26. The molecule has 3 aromatic rings. The molecule has 0 N–H and O–H groups in total. The van der Waals surface area contributed by atoms with E-state index in [1.54, 1.807) is 29.3 Å². The van der Waals surface area contributed by atoms with Gasteiger partial charge < -0.3 is 0 Å². The predicted octanol–water partition coefficient (Wildman–Crippen LogP) is 2.77. The summed E-state index contributed by atoms with van der Waals surface area (Å²) in [6.07, 6.45) is 5.27. The molecule has 3 nitrogen and oxygen atoms in total. The van der Waals surface area contributed by atoms with E-state index >= 15 is 0 Å². The van der Waals surface area contributed by atoms with E-state index in [1.807, 2.05) is 13.1 Å². The summed E-state index contributed by atoms with van der Waals surface area (Å²) < 4.78 is 15.0. The Labute approximate surface area is 97.5 Å². The number of hydrogen-bond donors (Lipinski definition) is 0. The molecule has 3 rings (SSSR count). The van der Waals surface area contributed by atoms with E-state index in [9.17, 15) is 4.39 Å². The highest BCUT2D eigenvalue weighted by atomic mass is 19.1. The molecule has 17 heavy (non-hydrogen) atoms. The molecule has 0 atom stereocenters. The second-order valence-electron chi connectivity index (χ2n) is 3.90. The fraction of sp³-hybridized carbons (Fsp3) is 0.0769. The Hall–Kier alpha value is -2.23. The lowest BCUT2D eigenvalue weighted by Gasteiger charge is -2.03.